The fourth-order valence-electron chi connectivity index (χ4n) is 4.22. The van der Waals surface area contributed by atoms with Crippen LogP contribution in [-0.2, 0) is 13.1 Å². The molecule has 37 heavy (non-hydrogen) atoms. The van der Waals surface area contributed by atoms with E-state index in [4.69, 9.17) is 21.1 Å². The molecule has 2 aromatic carbocycles. The molecule has 0 spiro atoms. The molecular formula is C26H30ClN5O5. The Morgan fingerprint density at radius 3 is 2.62 bits per heavy atom. The lowest BCUT2D eigenvalue weighted by Gasteiger charge is -2.24. The number of amides is 1. The van der Waals surface area contributed by atoms with Crippen LogP contribution in [0, 0.1) is 0 Å². The van der Waals surface area contributed by atoms with Crippen molar-refractivity contribution >= 4 is 29.3 Å². The molecule has 1 aliphatic heterocycles. The van der Waals surface area contributed by atoms with Gasteiger partial charge in [-0.1, -0.05) is 23.7 Å². The Hall–Kier alpha value is -3.76. The van der Waals surface area contributed by atoms with Crippen LogP contribution in [0.5, 0.6) is 17.2 Å². The molecule has 1 aliphatic rings. The number of aromatic nitrogens is 2. The zero-order chi connectivity index (χ0) is 26.4. The number of phenols is 1. The summed E-state index contributed by atoms with van der Waals surface area (Å²) >= 11 is 6.27. The van der Waals surface area contributed by atoms with Gasteiger partial charge >= 0.3 is 0 Å². The molecule has 3 aromatic rings. The SMILES string of the molecule is COc1cc(CNC(=O)c2cnc(N3CCC[C@H]3CO)nc2NCc2ccc(OC)c(Cl)c2)ccc1O. The summed E-state index contributed by atoms with van der Waals surface area (Å²) in [7, 11) is 3.02. The zero-order valence-electron chi connectivity index (χ0n) is 20.7. The summed E-state index contributed by atoms with van der Waals surface area (Å²) in [5, 5.41) is 26.1. The third-order valence-corrected chi connectivity index (χ3v) is 6.53. The van der Waals surface area contributed by atoms with Crippen molar-refractivity contribution in [3.8, 4) is 17.2 Å². The van der Waals surface area contributed by atoms with Gasteiger partial charge in [-0.05, 0) is 48.2 Å². The van der Waals surface area contributed by atoms with Gasteiger partial charge in [0.1, 0.15) is 17.1 Å². The van der Waals surface area contributed by atoms with Crippen molar-refractivity contribution in [3.63, 3.8) is 0 Å². The van der Waals surface area contributed by atoms with Crippen molar-refractivity contribution in [2.45, 2.75) is 32.0 Å². The summed E-state index contributed by atoms with van der Waals surface area (Å²) in [6.45, 7) is 1.31. The van der Waals surface area contributed by atoms with Gasteiger partial charge in [0.2, 0.25) is 5.95 Å². The molecule has 1 saturated heterocycles. The first-order chi connectivity index (χ1) is 17.9. The van der Waals surface area contributed by atoms with E-state index in [9.17, 15) is 15.0 Å². The Bertz CT molecular complexity index is 1260. The second kappa shape index (κ2) is 12.0. The van der Waals surface area contributed by atoms with Crippen molar-refractivity contribution in [1.82, 2.24) is 15.3 Å². The molecule has 1 fully saturated rings. The van der Waals surface area contributed by atoms with Crippen molar-refractivity contribution in [2.24, 2.45) is 0 Å². The van der Waals surface area contributed by atoms with Crippen LogP contribution in [0.4, 0.5) is 11.8 Å². The molecule has 0 radical (unpaired) electrons. The van der Waals surface area contributed by atoms with Crippen LogP contribution in [-0.4, -0.2) is 59.5 Å². The summed E-state index contributed by atoms with van der Waals surface area (Å²) in [5.41, 5.74) is 1.91. The fourth-order valence-corrected chi connectivity index (χ4v) is 4.50. The van der Waals surface area contributed by atoms with Crippen LogP contribution in [0.2, 0.25) is 5.02 Å². The number of methoxy groups -OCH3 is 2. The molecule has 196 valence electrons. The molecule has 1 amide bonds. The molecular weight excluding hydrogens is 498 g/mol. The molecule has 11 heteroatoms. The lowest BCUT2D eigenvalue weighted by Crippen LogP contribution is -2.34. The second-order valence-electron chi connectivity index (χ2n) is 8.62. The lowest BCUT2D eigenvalue weighted by molar-refractivity contribution is 0.0951. The van der Waals surface area contributed by atoms with Crippen LogP contribution in [0.15, 0.2) is 42.6 Å². The minimum Gasteiger partial charge on any atom is -0.504 e. The van der Waals surface area contributed by atoms with Crippen molar-refractivity contribution < 1.29 is 24.5 Å². The summed E-state index contributed by atoms with van der Waals surface area (Å²) < 4.78 is 10.4. The van der Waals surface area contributed by atoms with Gasteiger partial charge in [0, 0.05) is 25.8 Å². The van der Waals surface area contributed by atoms with Gasteiger partial charge in [0.15, 0.2) is 11.5 Å². The Morgan fingerprint density at radius 1 is 1.14 bits per heavy atom. The lowest BCUT2D eigenvalue weighted by atomic mass is 10.2. The molecule has 4 rings (SSSR count). The Labute approximate surface area is 220 Å². The number of aliphatic hydroxyl groups is 1. The zero-order valence-corrected chi connectivity index (χ0v) is 21.5. The number of hydrogen-bond acceptors (Lipinski definition) is 9. The molecule has 0 unspecified atom stereocenters. The molecule has 10 nitrogen and oxygen atoms in total. The maximum Gasteiger partial charge on any atom is 0.256 e. The van der Waals surface area contributed by atoms with E-state index in [1.54, 1.807) is 31.4 Å². The van der Waals surface area contributed by atoms with E-state index in [0.29, 0.717) is 34.8 Å². The van der Waals surface area contributed by atoms with Gasteiger partial charge in [0.25, 0.3) is 5.91 Å². The number of hydrogen-bond donors (Lipinski definition) is 4. The third kappa shape index (κ3) is 6.15. The number of carbonyl (C=O) groups excluding carboxylic acids is 1. The standard InChI is InChI=1S/C26H30ClN5O5/c1-36-22-8-6-16(10-20(22)27)12-28-24-19(14-30-26(31-24)32-9-3-4-18(32)15-33)25(35)29-13-17-5-7-21(34)23(11-17)37-2/h5-8,10-11,14,18,33-34H,3-4,9,12-13,15H2,1-2H3,(H,29,35)(H,28,30,31)/t18-/m0/s1. The molecule has 0 aliphatic carbocycles. The first kappa shape index (κ1) is 26.3. The molecule has 1 atom stereocenters. The number of ether oxygens (including phenoxy) is 2. The number of aliphatic hydroxyl groups excluding tert-OH is 1. The number of benzene rings is 2. The quantitative estimate of drug-likeness (QED) is 0.313. The van der Waals surface area contributed by atoms with Crippen molar-refractivity contribution in [2.75, 3.05) is 37.6 Å². The summed E-state index contributed by atoms with van der Waals surface area (Å²) in [4.78, 5) is 24.2. The number of carbonyl (C=O) groups is 1. The van der Waals surface area contributed by atoms with Gasteiger partial charge in [-0.25, -0.2) is 4.98 Å². The Balaban J connectivity index is 1.56. The topological polar surface area (TPSA) is 129 Å². The number of halogens is 1. The van der Waals surface area contributed by atoms with E-state index in [-0.39, 0.29) is 36.4 Å². The predicted molar refractivity (Wildman–Crippen MR) is 141 cm³/mol. The van der Waals surface area contributed by atoms with Crippen molar-refractivity contribution in [3.05, 3.63) is 64.3 Å². The number of phenolic OH excluding ortho intramolecular Hbond substituents is 1. The highest BCUT2D eigenvalue weighted by atomic mass is 35.5. The molecule has 4 N–H and O–H groups in total. The Morgan fingerprint density at radius 2 is 1.89 bits per heavy atom. The largest absolute Gasteiger partial charge is 0.504 e. The summed E-state index contributed by atoms with van der Waals surface area (Å²) in [6, 6.07) is 10.3. The highest BCUT2D eigenvalue weighted by molar-refractivity contribution is 6.32. The first-order valence-electron chi connectivity index (χ1n) is 11.9. The van der Waals surface area contributed by atoms with Crippen LogP contribution in [0.3, 0.4) is 0 Å². The summed E-state index contributed by atoms with van der Waals surface area (Å²) in [6.07, 6.45) is 3.27. The number of nitrogens with zero attached hydrogens (tertiary/aromatic N) is 3. The predicted octanol–water partition coefficient (Wildman–Crippen LogP) is 3.36. The average Bonchev–Trinajstić information content (AvgIpc) is 3.40. The number of nitrogens with one attached hydrogen (secondary N) is 2. The van der Waals surface area contributed by atoms with E-state index in [2.05, 4.69) is 20.6 Å². The average molecular weight is 528 g/mol. The fraction of sp³-hybridized carbons (Fsp3) is 0.346. The molecule has 0 saturated carbocycles. The first-order valence-corrected chi connectivity index (χ1v) is 12.3. The highest BCUT2D eigenvalue weighted by Gasteiger charge is 2.27. The number of rotatable bonds is 10. The minimum absolute atomic E-state index is 0.00873. The highest BCUT2D eigenvalue weighted by Crippen LogP contribution is 2.28. The monoisotopic (exact) mass is 527 g/mol. The van der Waals surface area contributed by atoms with Gasteiger partial charge in [-0.2, -0.15) is 4.98 Å². The smallest absolute Gasteiger partial charge is 0.256 e. The van der Waals surface area contributed by atoms with Gasteiger partial charge in [0.05, 0.1) is 31.9 Å². The van der Waals surface area contributed by atoms with Crippen molar-refractivity contribution in [1.29, 1.82) is 0 Å². The molecule has 1 aromatic heterocycles. The van der Waals surface area contributed by atoms with Gasteiger partial charge in [-0.3, -0.25) is 4.79 Å². The van der Waals surface area contributed by atoms with E-state index < -0.39 is 0 Å². The number of aromatic hydroxyl groups is 1. The van der Waals surface area contributed by atoms with Crippen LogP contribution in [0.1, 0.15) is 34.3 Å². The normalized spacial score (nSPS) is 14.9. The van der Waals surface area contributed by atoms with E-state index in [1.165, 1.54) is 19.4 Å². The Kier molecular flexibility index (Phi) is 8.52. The minimum atomic E-state index is -0.367. The van der Waals surface area contributed by atoms with Crippen LogP contribution in [0.25, 0.3) is 0 Å². The van der Waals surface area contributed by atoms with Gasteiger partial charge in [-0.15, -0.1) is 0 Å². The van der Waals surface area contributed by atoms with E-state index >= 15 is 0 Å². The molecule has 2 heterocycles. The van der Waals surface area contributed by atoms with Crippen LogP contribution >= 0.6 is 11.6 Å². The van der Waals surface area contributed by atoms with E-state index in [1.807, 2.05) is 11.0 Å². The number of anilines is 2. The maximum atomic E-state index is 13.2. The van der Waals surface area contributed by atoms with Crippen LogP contribution < -0.4 is 25.0 Å². The summed E-state index contributed by atoms with van der Waals surface area (Å²) in [5.74, 6) is 1.37. The molecule has 0 bridgehead atoms. The maximum absolute atomic E-state index is 13.2. The second-order valence-corrected chi connectivity index (χ2v) is 9.02. The third-order valence-electron chi connectivity index (χ3n) is 6.24. The van der Waals surface area contributed by atoms with Gasteiger partial charge < -0.3 is 35.2 Å². The van der Waals surface area contributed by atoms with E-state index in [0.717, 1.165) is 30.5 Å².